The second-order valence-corrected chi connectivity index (χ2v) is 8.75. The van der Waals surface area contributed by atoms with Crippen molar-refractivity contribution in [2.75, 3.05) is 18.5 Å². The first-order valence-corrected chi connectivity index (χ1v) is 10.8. The molecule has 1 aliphatic heterocycles. The van der Waals surface area contributed by atoms with Gasteiger partial charge in [-0.15, -0.1) is 11.3 Å². The normalized spacial score (nSPS) is 17.7. The van der Waals surface area contributed by atoms with Gasteiger partial charge in [-0.1, -0.05) is 25.1 Å². The minimum Gasteiger partial charge on any atom is -0.462 e. The number of nitrogens with one attached hydrogen (secondary N) is 1. The smallest absolute Gasteiger partial charge is 0.341 e. The highest BCUT2D eigenvalue weighted by Gasteiger charge is 2.31. The van der Waals surface area contributed by atoms with Crippen LogP contribution in [0.1, 0.15) is 57.0 Å². The quantitative estimate of drug-likeness (QED) is 0.761. The number of nitrogens with zero attached hydrogens (tertiary/aromatic N) is 1. The van der Waals surface area contributed by atoms with Crippen LogP contribution in [0.5, 0.6) is 0 Å². The standard InChI is InChI=1S/C22H24N2O4S/c1-3-28-22(27)19-16-9-8-13(2)10-17(16)29-20(19)23-18(25)12-24-11-14-6-4-5-7-15(14)21(24)26/h4-7,13H,3,8-12H2,1-2H3,(H,23,25). The molecule has 0 saturated carbocycles. The van der Waals surface area contributed by atoms with Gasteiger partial charge < -0.3 is 15.0 Å². The monoisotopic (exact) mass is 412 g/mol. The van der Waals surface area contributed by atoms with Crippen molar-refractivity contribution in [3.8, 4) is 0 Å². The molecule has 1 aromatic heterocycles. The first-order chi connectivity index (χ1) is 14.0. The van der Waals surface area contributed by atoms with Crippen molar-refractivity contribution < 1.29 is 19.1 Å². The van der Waals surface area contributed by atoms with Gasteiger partial charge in [0.05, 0.1) is 12.2 Å². The van der Waals surface area contributed by atoms with E-state index >= 15 is 0 Å². The lowest BCUT2D eigenvalue weighted by Crippen LogP contribution is -2.33. The fraction of sp³-hybridized carbons (Fsp3) is 0.409. The maximum Gasteiger partial charge on any atom is 0.341 e. The molecule has 1 atom stereocenters. The van der Waals surface area contributed by atoms with Crippen LogP contribution in [0.2, 0.25) is 0 Å². The van der Waals surface area contributed by atoms with Crippen LogP contribution in [0.15, 0.2) is 24.3 Å². The number of benzene rings is 1. The van der Waals surface area contributed by atoms with Crippen molar-refractivity contribution in [1.29, 1.82) is 0 Å². The number of fused-ring (bicyclic) bond motifs is 2. The van der Waals surface area contributed by atoms with E-state index in [1.807, 2.05) is 18.2 Å². The van der Waals surface area contributed by atoms with Crippen LogP contribution >= 0.6 is 11.3 Å². The van der Waals surface area contributed by atoms with Gasteiger partial charge in [-0.05, 0) is 49.3 Å². The second-order valence-electron chi connectivity index (χ2n) is 7.64. The van der Waals surface area contributed by atoms with Crippen molar-refractivity contribution in [2.45, 2.75) is 39.7 Å². The zero-order valence-corrected chi connectivity index (χ0v) is 17.4. The molecular weight excluding hydrogens is 388 g/mol. The van der Waals surface area contributed by atoms with Crippen molar-refractivity contribution in [3.63, 3.8) is 0 Å². The van der Waals surface area contributed by atoms with Crippen LogP contribution < -0.4 is 5.32 Å². The molecule has 0 fully saturated rings. The van der Waals surface area contributed by atoms with Crippen LogP contribution in [-0.4, -0.2) is 35.8 Å². The van der Waals surface area contributed by atoms with Crippen LogP contribution in [0, 0.1) is 5.92 Å². The van der Waals surface area contributed by atoms with Gasteiger partial charge in [0.1, 0.15) is 11.5 Å². The Morgan fingerprint density at radius 2 is 2.10 bits per heavy atom. The molecule has 1 aromatic carbocycles. The van der Waals surface area contributed by atoms with Crippen molar-refractivity contribution >= 4 is 34.1 Å². The summed E-state index contributed by atoms with van der Waals surface area (Å²) < 4.78 is 5.25. The molecule has 4 rings (SSSR count). The van der Waals surface area contributed by atoms with E-state index in [9.17, 15) is 14.4 Å². The lowest BCUT2D eigenvalue weighted by atomic mass is 9.88. The van der Waals surface area contributed by atoms with Gasteiger partial charge in [0, 0.05) is 17.0 Å². The Kier molecular flexibility index (Phi) is 5.41. The highest BCUT2D eigenvalue weighted by molar-refractivity contribution is 7.17. The number of carbonyl (C=O) groups is 3. The molecule has 0 saturated heterocycles. The van der Waals surface area contributed by atoms with Gasteiger partial charge in [-0.2, -0.15) is 0 Å². The number of carbonyl (C=O) groups excluding carboxylic acids is 3. The minimum atomic E-state index is -0.389. The Bertz CT molecular complexity index is 981. The summed E-state index contributed by atoms with van der Waals surface area (Å²) in [6, 6.07) is 7.39. The number of hydrogen-bond acceptors (Lipinski definition) is 5. The molecule has 7 heteroatoms. The zero-order chi connectivity index (χ0) is 20.5. The number of anilines is 1. The Morgan fingerprint density at radius 1 is 1.31 bits per heavy atom. The summed E-state index contributed by atoms with van der Waals surface area (Å²) in [6.07, 6.45) is 2.74. The molecule has 0 spiro atoms. The first kappa shape index (κ1) is 19.6. The van der Waals surface area contributed by atoms with E-state index in [0.717, 1.165) is 35.3 Å². The topological polar surface area (TPSA) is 75.7 Å². The zero-order valence-electron chi connectivity index (χ0n) is 16.6. The predicted molar refractivity (Wildman–Crippen MR) is 111 cm³/mol. The molecule has 0 radical (unpaired) electrons. The molecule has 6 nitrogen and oxygen atoms in total. The highest BCUT2D eigenvalue weighted by atomic mass is 32.1. The van der Waals surface area contributed by atoms with E-state index in [0.29, 0.717) is 28.6 Å². The Hall–Kier alpha value is -2.67. The molecule has 2 aliphatic rings. The highest BCUT2D eigenvalue weighted by Crippen LogP contribution is 2.40. The summed E-state index contributed by atoms with van der Waals surface area (Å²) in [5.41, 5.74) is 3.07. The fourth-order valence-electron chi connectivity index (χ4n) is 4.04. The van der Waals surface area contributed by atoms with Gasteiger partial charge in [0.2, 0.25) is 5.91 Å². The fourth-order valence-corrected chi connectivity index (χ4v) is 5.45. The summed E-state index contributed by atoms with van der Waals surface area (Å²) in [5.74, 6) is -0.274. The van der Waals surface area contributed by atoms with Gasteiger partial charge >= 0.3 is 5.97 Å². The number of hydrogen-bond donors (Lipinski definition) is 1. The molecule has 2 amide bonds. The predicted octanol–water partition coefficient (Wildman–Crippen LogP) is 3.64. The van der Waals surface area contributed by atoms with Crippen molar-refractivity contribution in [3.05, 3.63) is 51.4 Å². The average molecular weight is 413 g/mol. The number of rotatable bonds is 5. The molecule has 1 aliphatic carbocycles. The number of esters is 1. The summed E-state index contributed by atoms with van der Waals surface area (Å²) in [7, 11) is 0. The van der Waals surface area contributed by atoms with Crippen LogP contribution in [0.3, 0.4) is 0 Å². The van der Waals surface area contributed by atoms with Gasteiger partial charge in [0.25, 0.3) is 5.91 Å². The molecule has 0 bridgehead atoms. The molecule has 1 unspecified atom stereocenters. The SMILES string of the molecule is CCOC(=O)c1c(NC(=O)CN2Cc3ccccc3C2=O)sc2c1CCC(C)C2. The van der Waals surface area contributed by atoms with Gasteiger partial charge in [-0.3, -0.25) is 9.59 Å². The summed E-state index contributed by atoms with van der Waals surface area (Å²) in [4.78, 5) is 40.5. The minimum absolute atomic E-state index is 0.0469. The molecule has 1 N–H and O–H groups in total. The Balaban J connectivity index is 1.52. The van der Waals surface area contributed by atoms with E-state index in [1.54, 1.807) is 13.0 Å². The van der Waals surface area contributed by atoms with Crippen LogP contribution in [0.25, 0.3) is 0 Å². The van der Waals surface area contributed by atoms with E-state index in [-0.39, 0.29) is 30.9 Å². The van der Waals surface area contributed by atoms with E-state index < -0.39 is 0 Å². The average Bonchev–Trinajstić information content (AvgIpc) is 3.19. The molecule has 2 heterocycles. The molecule has 152 valence electrons. The number of ether oxygens (including phenoxy) is 1. The second kappa shape index (κ2) is 7.99. The molecule has 2 aromatic rings. The Labute approximate surface area is 173 Å². The van der Waals surface area contributed by atoms with Crippen molar-refractivity contribution in [1.82, 2.24) is 4.90 Å². The molecule has 29 heavy (non-hydrogen) atoms. The summed E-state index contributed by atoms with van der Waals surface area (Å²) in [6.45, 7) is 4.63. The van der Waals surface area contributed by atoms with Crippen LogP contribution in [-0.2, 0) is 28.9 Å². The maximum atomic E-state index is 12.7. The number of thiophene rings is 1. The molecular formula is C22H24N2O4S. The van der Waals surface area contributed by atoms with Crippen molar-refractivity contribution in [2.24, 2.45) is 5.92 Å². The van der Waals surface area contributed by atoms with E-state index in [2.05, 4.69) is 12.2 Å². The number of amides is 2. The third kappa shape index (κ3) is 3.79. The van der Waals surface area contributed by atoms with Crippen LogP contribution in [0.4, 0.5) is 5.00 Å². The lowest BCUT2D eigenvalue weighted by Gasteiger charge is -2.18. The largest absolute Gasteiger partial charge is 0.462 e. The Morgan fingerprint density at radius 3 is 2.86 bits per heavy atom. The van der Waals surface area contributed by atoms with Gasteiger partial charge in [0.15, 0.2) is 0 Å². The maximum absolute atomic E-state index is 12.7. The summed E-state index contributed by atoms with van der Waals surface area (Å²) in [5, 5.41) is 3.42. The van der Waals surface area contributed by atoms with E-state index in [1.165, 1.54) is 16.2 Å². The van der Waals surface area contributed by atoms with Gasteiger partial charge in [-0.25, -0.2) is 4.79 Å². The first-order valence-electron chi connectivity index (χ1n) is 9.96. The van der Waals surface area contributed by atoms with E-state index in [4.69, 9.17) is 4.74 Å². The third-order valence-electron chi connectivity index (χ3n) is 5.47. The lowest BCUT2D eigenvalue weighted by molar-refractivity contribution is -0.116. The third-order valence-corrected chi connectivity index (χ3v) is 6.64. The summed E-state index contributed by atoms with van der Waals surface area (Å²) >= 11 is 1.46.